The molecule has 0 radical (unpaired) electrons. The molecule has 1 nitrogen and oxygen atoms in total. The number of fused-ring (bicyclic) bond motifs is 3. The van der Waals surface area contributed by atoms with E-state index < -0.39 is 0 Å². The molecular weight excluding hydrogens is 639 g/mol. The molecule has 3 aliphatic carbocycles. The Morgan fingerprint density at radius 2 is 1.08 bits per heavy atom. The highest BCUT2D eigenvalue weighted by molar-refractivity contribution is 5.87. The van der Waals surface area contributed by atoms with Crippen LogP contribution in [0, 0.1) is 6.92 Å². The molecule has 1 heteroatoms. The van der Waals surface area contributed by atoms with Gasteiger partial charge in [0, 0.05) is 22.5 Å². The van der Waals surface area contributed by atoms with E-state index in [0.717, 1.165) is 5.92 Å². The largest absolute Gasteiger partial charge is 0.310 e. The second kappa shape index (κ2) is 14.2. The summed E-state index contributed by atoms with van der Waals surface area (Å²) in [6.45, 7) is 7.02. The Hall–Kier alpha value is -4.88. The van der Waals surface area contributed by atoms with E-state index in [-0.39, 0.29) is 5.41 Å². The number of hydrogen-bond donors (Lipinski definition) is 0. The van der Waals surface area contributed by atoms with Gasteiger partial charge in [-0.2, -0.15) is 0 Å². The Morgan fingerprint density at radius 1 is 0.434 bits per heavy atom. The van der Waals surface area contributed by atoms with Gasteiger partial charge >= 0.3 is 0 Å². The van der Waals surface area contributed by atoms with Gasteiger partial charge in [-0.05, 0) is 148 Å². The Bertz CT molecular complexity index is 2240. The summed E-state index contributed by atoms with van der Waals surface area (Å²) in [5.41, 5.74) is 18.5. The summed E-state index contributed by atoms with van der Waals surface area (Å²) in [5, 5.41) is 0. The third kappa shape index (κ3) is 6.54. The summed E-state index contributed by atoms with van der Waals surface area (Å²) in [6.07, 6.45) is 13.4. The molecule has 266 valence electrons. The molecule has 3 aliphatic rings. The van der Waals surface area contributed by atoms with Crippen LogP contribution in [0.1, 0.15) is 118 Å². The van der Waals surface area contributed by atoms with E-state index in [2.05, 4.69) is 159 Å². The lowest BCUT2D eigenvalue weighted by Gasteiger charge is -2.30. The van der Waals surface area contributed by atoms with Crippen LogP contribution in [0.15, 0.2) is 133 Å². The lowest BCUT2D eigenvalue weighted by molar-refractivity contribution is 0.443. The van der Waals surface area contributed by atoms with Crippen molar-refractivity contribution in [3.8, 4) is 33.4 Å². The van der Waals surface area contributed by atoms with Crippen molar-refractivity contribution in [3.05, 3.63) is 161 Å². The number of anilines is 3. The average molecular weight is 692 g/mol. The first-order chi connectivity index (χ1) is 25.9. The number of benzene rings is 6. The van der Waals surface area contributed by atoms with Crippen LogP contribution in [0.25, 0.3) is 33.4 Å². The molecule has 0 atom stereocenters. The predicted molar refractivity (Wildman–Crippen MR) is 226 cm³/mol. The summed E-state index contributed by atoms with van der Waals surface area (Å²) >= 11 is 0. The molecule has 53 heavy (non-hydrogen) atoms. The highest BCUT2D eigenvalue weighted by atomic mass is 15.1. The summed E-state index contributed by atoms with van der Waals surface area (Å²) in [7, 11) is 0. The summed E-state index contributed by atoms with van der Waals surface area (Å²) in [6, 6.07) is 51.4. The predicted octanol–water partition coefficient (Wildman–Crippen LogP) is 15.2. The standard InChI is InChI=1S/C52H53N/c1-36-30-44(42-19-12-18-41(32-42)40-26-24-39(25-27-40)37-14-6-4-7-15-37)34-47(31-36)53(45-21-13-20-43(33-45)38-16-8-5-9-17-38)46-28-29-49-48-22-10-11-23-50(48)52(2,3)51(49)35-46/h10-13,18-35,37-38H,4-9,14-17H2,1-3H3. The fraction of sp³-hybridized carbons (Fsp3) is 0.308. The van der Waals surface area contributed by atoms with E-state index in [1.54, 1.807) is 0 Å². The lowest BCUT2D eigenvalue weighted by Crippen LogP contribution is -2.17. The fourth-order valence-electron chi connectivity index (χ4n) is 9.95. The minimum Gasteiger partial charge on any atom is -0.310 e. The first-order valence-electron chi connectivity index (χ1n) is 20.4. The molecule has 0 aromatic heterocycles. The zero-order valence-corrected chi connectivity index (χ0v) is 31.9. The van der Waals surface area contributed by atoms with Crippen LogP contribution in [-0.4, -0.2) is 0 Å². The Labute approximate surface area is 317 Å². The van der Waals surface area contributed by atoms with Gasteiger partial charge in [0.05, 0.1) is 0 Å². The third-order valence-electron chi connectivity index (χ3n) is 12.9. The van der Waals surface area contributed by atoms with Gasteiger partial charge in [0.2, 0.25) is 0 Å². The molecule has 9 rings (SSSR count). The molecule has 0 bridgehead atoms. The number of aryl methyl sites for hydroxylation is 1. The molecule has 0 spiro atoms. The second-order valence-electron chi connectivity index (χ2n) is 16.8. The molecule has 2 saturated carbocycles. The molecular formula is C52H53N. The Morgan fingerprint density at radius 3 is 1.83 bits per heavy atom. The highest BCUT2D eigenvalue weighted by Gasteiger charge is 2.36. The summed E-state index contributed by atoms with van der Waals surface area (Å²) in [5.74, 6) is 1.37. The van der Waals surface area contributed by atoms with Crippen molar-refractivity contribution in [2.45, 2.75) is 102 Å². The van der Waals surface area contributed by atoms with Crippen LogP contribution in [0.4, 0.5) is 17.1 Å². The smallest absolute Gasteiger partial charge is 0.0470 e. The van der Waals surface area contributed by atoms with E-state index >= 15 is 0 Å². The van der Waals surface area contributed by atoms with Gasteiger partial charge < -0.3 is 4.90 Å². The van der Waals surface area contributed by atoms with Gasteiger partial charge in [-0.25, -0.2) is 0 Å². The van der Waals surface area contributed by atoms with Crippen LogP contribution in [0.3, 0.4) is 0 Å². The molecule has 2 fully saturated rings. The molecule has 0 N–H and O–H groups in total. The van der Waals surface area contributed by atoms with Gasteiger partial charge in [0.1, 0.15) is 0 Å². The van der Waals surface area contributed by atoms with Gasteiger partial charge in [0.15, 0.2) is 0 Å². The van der Waals surface area contributed by atoms with Crippen molar-refractivity contribution >= 4 is 17.1 Å². The first kappa shape index (κ1) is 33.9. The lowest BCUT2D eigenvalue weighted by atomic mass is 9.82. The Kier molecular flexibility index (Phi) is 9.07. The second-order valence-corrected chi connectivity index (χ2v) is 16.8. The molecule has 6 aromatic carbocycles. The number of nitrogens with zero attached hydrogens (tertiary/aromatic N) is 1. The van der Waals surface area contributed by atoms with Crippen LogP contribution in [0.5, 0.6) is 0 Å². The topological polar surface area (TPSA) is 3.24 Å². The number of hydrogen-bond acceptors (Lipinski definition) is 1. The van der Waals surface area contributed by atoms with E-state index in [1.165, 1.54) is 142 Å². The quantitative estimate of drug-likeness (QED) is 0.161. The van der Waals surface area contributed by atoms with Crippen molar-refractivity contribution in [1.29, 1.82) is 0 Å². The van der Waals surface area contributed by atoms with Gasteiger partial charge in [0.25, 0.3) is 0 Å². The van der Waals surface area contributed by atoms with E-state index in [0.29, 0.717) is 5.92 Å². The van der Waals surface area contributed by atoms with Crippen molar-refractivity contribution < 1.29 is 0 Å². The SMILES string of the molecule is Cc1cc(-c2cccc(-c3ccc(C4CCCCC4)cc3)c2)cc(N(c2cccc(C3CCCCC3)c2)c2ccc3c(c2)C(C)(C)c2ccccc2-3)c1. The molecule has 0 amide bonds. The zero-order valence-electron chi connectivity index (χ0n) is 31.9. The van der Waals surface area contributed by atoms with Crippen LogP contribution in [0.2, 0.25) is 0 Å². The van der Waals surface area contributed by atoms with Crippen molar-refractivity contribution in [3.63, 3.8) is 0 Å². The molecule has 0 unspecified atom stereocenters. The molecule has 0 saturated heterocycles. The fourth-order valence-corrected chi connectivity index (χ4v) is 9.95. The van der Waals surface area contributed by atoms with Gasteiger partial charge in [-0.3, -0.25) is 0 Å². The van der Waals surface area contributed by atoms with E-state index in [1.807, 2.05) is 0 Å². The van der Waals surface area contributed by atoms with Crippen LogP contribution in [-0.2, 0) is 5.41 Å². The first-order valence-corrected chi connectivity index (χ1v) is 20.4. The van der Waals surface area contributed by atoms with Gasteiger partial charge in [-0.15, -0.1) is 0 Å². The Balaban J connectivity index is 1.12. The summed E-state index contributed by atoms with van der Waals surface area (Å²) in [4.78, 5) is 2.52. The maximum absolute atomic E-state index is 2.52. The van der Waals surface area contributed by atoms with E-state index in [4.69, 9.17) is 0 Å². The molecule has 6 aromatic rings. The normalized spacial score (nSPS) is 17.0. The monoisotopic (exact) mass is 691 g/mol. The van der Waals surface area contributed by atoms with Crippen molar-refractivity contribution in [2.24, 2.45) is 0 Å². The van der Waals surface area contributed by atoms with E-state index in [9.17, 15) is 0 Å². The maximum atomic E-state index is 2.52. The van der Waals surface area contributed by atoms with Crippen LogP contribution >= 0.6 is 0 Å². The summed E-state index contributed by atoms with van der Waals surface area (Å²) < 4.78 is 0. The average Bonchev–Trinajstić information content (AvgIpc) is 3.44. The zero-order chi connectivity index (χ0) is 35.9. The minimum atomic E-state index is -0.0651. The molecule has 0 aliphatic heterocycles. The van der Waals surface area contributed by atoms with Crippen molar-refractivity contribution in [2.75, 3.05) is 4.90 Å². The van der Waals surface area contributed by atoms with Crippen LogP contribution < -0.4 is 4.90 Å². The van der Waals surface area contributed by atoms with Crippen molar-refractivity contribution in [1.82, 2.24) is 0 Å². The maximum Gasteiger partial charge on any atom is 0.0470 e. The number of rotatable bonds is 7. The van der Waals surface area contributed by atoms with Gasteiger partial charge in [-0.1, -0.05) is 143 Å². The third-order valence-corrected chi connectivity index (χ3v) is 12.9. The highest BCUT2D eigenvalue weighted by Crippen LogP contribution is 2.51. The minimum absolute atomic E-state index is 0.0651. The molecule has 0 heterocycles.